The molecule has 2 N–H and O–H groups in total. The number of nitrogens with zero attached hydrogens (tertiary/aromatic N) is 2. The smallest absolute Gasteiger partial charge is 0.0924 e. The fraction of sp³-hybridized carbons (Fsp3) is 0.500. The standard InChI is InChI=1S/C18H27N3/c1-6-15-13(4)20-21(14(15)5)18(17(19)7-2)16-11-9-8-10-12(16)3/h8-11,17-18H,6-7,19H2,1-5H3. The van der Waals surface area contributed by atoms with Gasteiger partial charge in [0.05, 0.1) is 11.7 Å². The molecule has 0 amide bonds. The van der Waals surface area contributed by atoms with E-state index in [2.05, 4.69) is 63.6 Å². The molecule has 2 atom stereocenters. The Labute approximate surface area is 128 Å². The maximum Gasteiger partial charge on any atom is 0.0924 e. The average molecular weight is 285 g/mol. The van der Waals surface area contributed by atoms with Crippen LogP contribution in [0.3, 0.4) is 0 Å². The lowest BCUT2D eigenvalue weighted by Crippen LogP contribution is -2.34. The Kier molecular flexibility index (Phi) is 4.84. The minimum Gasteiger partial charge on any atom is -0.326 e. The molecule has 3 nitrogen and oxygen atoms in total. The quantitative estimate of drug-likeness (QED) is 0.910. The zero-order valence-electron chi connectivity index (χ0n) is 13.9. The van der Waals surface area contributed by atoms with Crippen molar-refractivity contribution in [2.75, 3.05) is 0 Å². The topological polar surface area (TPSA) is 43.8 Å². The van der Waals surface area contributed by atoms with E-state index >= 15 is 0 Å². The molecule has 0 fully saturated rings. The molecule has 1 heterocycles. The van der Waals surface area contributed by atoms with E-state index in [9.17, 15) is 0 Å². The van der Waals surface area contributed by atoms with Crippen LogP contribution in [0.5, 0.6) is 0 Å². The Morgan fingerprint density at radius 2 is 1.81 bits per heavy atom. The van der Waals surface area contributed by atoms with Crippen LogP contribution in [0.15, 0.2) is 24.3 Å². The van der Waals surface area contributed by atoms with E-state index in [1.165, 1.54) is 22.4 Å². The third-order valence-corrected chi connectivity index (χ3v) is 4.48. The van der Waals surface area contributed by atoms with Crippen LogP contribution >= 0.6 is 0 Å². The van der Waals surface area contributed by atoms with Gasteiger partial charge in [-0.3, -0.25) is 4.68 Å². The van der Waals surface area contributed by atoms with Crippen molar-refractivity contribution >= 4 is 0 Å². The first-order chi connectivity index (χ1) is 10.0. The number of rotatable bonds is 5. The van der Waals surface area contributed by atoms with Gasteiger partial charge in [-0.1, -0.05) is 38.1 Å². The molecule has 0 radical (unpaired) electrons. The van der Waals surface area contributed by atoms with E-state index in [0.717, 1.165) is 18.5 Å². The fourth-order valence-corrected chi connectivity index (χ4v) is 3.17. The molecule has 21 heavy (non-hydrogen) atoms. The van der Waals surface area contributed by atoms with Gasteiger partial charge in [0.1, 0.15) is 0 Å². The van der Waals surface area contributed by atoms with Crippen LogP contribution < -0.4 is 5.73 Å². The summed E-state index contributed by atoms with van der Waals surface area (Å²) in [5, 5.41) is 4.80. The number of nitrogens with two attached hydrogens (primary N) is 1. The molecular formula is C18H27N3. The van der Waals surface area contributed by atoms with Crippen molar-refractivity contribution in [3.63, 3.8) is 0 Å². The van der Waals surface area contributed by atoms with Crippen molar-refractivity contribution in [1.82, 2.24) is 9.78 Å². The molecule has 0 aliphatic rings. The second-order valence-electron chi connectivity index (χ2n) is 5.82. The Morgan fingerprint density at radius 3 is 2.33 bits per heavy atom. The number of benzene rings is 1. The molecule has 1 aromatic heterocycles. The van der Waals surface area contributed by atoms with Crippen LogP contribution in [0.25, 0.3) is 0 Å². The van der Waals surface area contributed by atoms with Gasteiger partial charge in [-0.2, -0.15) is 5.10 Å². The third kappa shape index (κ3) is 2.88. The summed E-state index contributed by atoms with van der Waals surface area (Å²) < 4.78 is 2.14. The van der Waals surface area contributed by atoms with E-state index in [-0.39, 0.29) is 12.1 Å². The summed E-state index contributed by atoms with van der Waals surface area (Å²) in [4.78, 5) is 0. The van der Waals surface area contributed by atoms with Gasteiger partial charge in [0.2, 0.25) is 0 Å². The zero-order valence-corrected chi connectivity index (χ0v) is 13.9. The Morgan fingerprint density at radius 1 is 1.14 bits per heavy atom. The molecule has 0 spiro atoms. The summed E-state index contributed by atoms with van der Waals surface area (Å²) in [6, 6.07) is 8.66. The molecular weight excluding hydrogens is 258 g/mol. The van der Waals surface area contributed by atoms with Crippen LogP contribution in [0.1, 0.15) is 54.4 Å². The minimum absolute atomic E-state index is 0.0637. The molecule has 0 saturated heterocycles. The van der Waals surface area contributed by atoms with Crippen LogP contribution in [-0.2, 0) is 6.42 Å². The number of aryl methyl sites for hydroxylation is 2. The van der Waals surface area contributed by atoms with Crippen molar-refractivity contribution in [2.24, 2.45) is 5.73 Å². The van der Waals surface area contributed by atoms with Gasteiger partial charge in [0.15, 0.2) is 0 Å². The highest BCUT2D eigenvalue weighted by Crippen LogP contribution is 2.28. The van der Waals surface area contributed by atoms with Gasteiger partial charge in [0.25, 0.3) is 0 Å². The predicted molar refractivity (Wildman–Crippen MR) is 88.7 cm³/mol. The summed E-state index contributed by atoms with van der Waals surface area (Å²) in [5.41, 5.74) is 12.7. The Hall–Kier alpha value is -1.61. The first-order valence-electron chi connectivity index (χ1n) is 7.86. The molecule has 3 heteroatoms. The van der Waals surface area contributed by atoms with Crippen molar-refractivity contribution in [3.8, 4) is 0 Å². The van der Waals surface area contributed by atoms with E-state index in [1.54, 1.807) is 0 Å². The Bertz CT molecular complexity index is 613. The van der Waals surface area contributed by atoms with Crippen molar-refractivity contribution < 1.29 is 0 Å². The lowest BCUT2D eigenvalue weighted by Gasteiger charge is -2.27. The lowest BCUT2D eigenvalue weighted by molar-refractivity contribution is 0.414. The van der Waals surface area contributed by atoms with Crippen LogP contribution in [0.4, 0.5) is 0 Å². The van der Waals surface area contributed by atoms with Gasteiger partial charge >= 0.3 is 0 Å². The SMILES string of the molecule is CCc1c(C)nn(C(c2ccccc2C)C(N)CC)c1C. The van der Waals surface area contributed by atoms with Gasteiger partial charge in [-0.25, -0.2) is 0 Å². The van der Waals surface area contributed by atoms with Crippen LogP contribution in [0, 0.1) is 20.8 Å². The second-order valence-corrected chi connectivity index (χ2v) is 5.82. The average Bonchev–Trinajstić information content (AvgIpc) is 2.75. The van der Waals surface area contributed by atoms with Gasteiger partial charge in [-0.15, -0.1) is 0 Å². The van der Waals surface area contributed by atoms with E-state index < -0.39 is 0 Å². The maximum absolute atomic E-state index is 6.46. The van der Waals surface area contributed by atoms with Crippen molar-refractivity contribution in [3.05, 3.63) is 52.3 Å². The van der Waals surface area contributed by atoms with Crippen LogP contribution in [0.2, 0.25) is 0 Å². The van der Waals surface area contributed by atoms with E-state index in [1.807, 2.05) is 0 Å². The first-order valence-corrected chi connectivity index (χ1v) is 7.86. The monoisotopic (exact) mass is 285 g/mol. The molecule has 0 aliphatic heterocycles. The zero-order chi connectivity index (χ0) is 15.6. The van der Waals surface area contributed by atoms with E-state index in [0.29, 0.717) is 0 Å². The summed E-state index contributed by atoms with van der Waals surface area (Å²) in [6.45, 7) is 10.7. The second kappa shape index (κ2) is 6.44. The first kappa shape index (κ1) is 15.8. The van der Waals surface area contributed by atoms with E-state index in [4.69, 9.17) is 10.8 Å². The number of hydrogen-bond acceptors (Lipinski definition) is 2. The highest BCUT2D eigenvalue weighted by Gasteiger charge is 2.25. The third-order valence-electron chi connectivity index (χ3n) is 4.48. The van der Waals surface area contributed by atoms with Gasteiger partial charge in [-0.05, 0) is 50.3 Å². The molecule has 2 unspecified atom stereocenters. The molecule has 2 aromatic rings. The minimum atomic E-state index is 0.0637. The molecule has 114 valence electrons. The highest BCUT2D eigenvalue weighted by molar-refractivity contribution is 5.33. The van der Waals surface area contributed by atoms with Gasteiger partial charge in [0, 0.05) is 11.7 Å². The summed E-state index contributed by atoms with van der Waals surface area (Å²) in [5.74, 6) is 0. The van der Waals surface area contributed by atoms with Crippen molar-refractivity contribution in [2.45, 2.75) is 59.5 Å². The van der Waals surface area contributed by atoms with Crippen LogP contribution in [-0.4, -0.2) is 15.8 Å². The summed E-state index contributed by atoms with van der Waals surface area (Å²) >= 11 is 0. The largest absolute Gasteiger partial charge is 0.326 e. The fourth-order valence-electron chi connectivity index (χ4n) is 3.17. The van der Waals surface area contributed by atoms with Crippen molar-refractivity contribution in [1.29, 1.82) is 0 Å². The molecule has 0 saturated carbocycles. The molecule has 2 rings (SSSR count). The molecule has 1 aromatic carbocycles. The molecule has 0 bridgehead atoms. The maximum atomic E-state index is 6.46. The normalized spacial score (nSPS) is 14.2. The Balaban J connectivity index is 2.60. The van der Waals surface area contributed by atoms with Gasteiger partial charge < -0.3 is 5.73 Å². The number of aromatic nitrogens is 2. The lowest BCUT2D eigenvalue weighted by atomic mass is 9.94. The number of hydrogen-bond donors (Lipinski definition) is 1. The summed E-state index contributed by atoms with van der Waals surface area (Å²) in [6.07, 6.45) is 1.94. The predicted octanol–water partition coefficient (Wildman–Crippen LogP) is 3.70. The highest BCUT2D eigenvalue weighted by atomic mass is 15.3. The summed E-state index contributed by atoms with van der Waals surface area (Å²) in [7, 11) is 0. The molecule has 0 aliphatic carbocycles.